The molecule has 0 saturated heterocycles. The first-order chi connectivity index (χ1) is 8.43. The number of aliphatic hydroxyl groups is 1. The molecule has 2 rings (SSSR count). The largest absolute Gasteiger partial charge is 0.486 e. The molecule has 0 aromatic heterocycles. The van der Waals surface area contributed by atoms with E-state index in [0.717, 1.165) is 11.3 Å². The van der Waals surface area contributed by atoms with Crippen molar-refractivity contribution >= 4 is 0 Å². The molecule has 0 aliphatic carbocycles. The van der Waals surface area contributed by atoms with Gasteiger partial charge >= 0.3 is 0 Å². The molecule has 0 radical (unpaired) electrons. The lowest BCUT2D eigenvalue weighted by molar-refractivity contribution is 0.0161. The van der Waals surface area contributed by atoms with Crippen LogP contribution in [0.2, 0.25) is 0 Å². The molecular weight excluding hydrogens is 230 g/mol. The molecule has 0 amide bonds. The van der Waals surface area contributed by atoms with Crippen LogP contribution in [0.3, 0.4) is 0 Å². The second-order valence-electron chi connectivity index (χ2n) is 5.35. The van der Waals surface area contributed by atoms with Gasteiger partial charge in [-0.15, -0.1) is 0 Å². The van der Waals surface area contributed by atoms with Crippen molar-refractivity contribution in [2.45, 2.75) is 25.5 Å². The van der Waals surface area contributed by atoms with Crippen molar-refractivity contribution in [3.05, 3.63) is 23.8 Å². The Bertz CT molecular complexity index is 429. The van der Waals surface area contributed by atoms with Crippen LogP contribution in [0.25, 0.3) is 0 Å². The molecule has 1 atom stereocenters. The van der Waals surface area contributed by atoms with Crippen molar-refractivity contribution in [1.82, 2.24) is 4.90 Å². The van der Waals surface area contributed by atoms with Crippen LogP contribution in [0, 0.1) is 0 Å². The first-order valence-corrected chi connectivity index (χ1v) is 6.18. The second-order valence-corrected chi connectivity index (χ2v) is 5.35. The van der Waals surface area contributed by atoms with Crippen molar-refractivity contribution in [1.29, 1.82) is 0 Å². The van der Waals surface area contributed by atoms with Gasteiger partial charge in [-0.25, -0.2) is 0 Å². The van der Waals surface area contributed by atoms with Crippen LogP contribution in [0.1, 0.15) is 25.5 Å². The summed E-state index contributed by atoms with van der Waals surface area (Å²) in [6.07, 6.45) is -0.580. The number of fused-ring (bicyclic) bond motifs is 1. The van der Waals surface area contributed by atoms with E-state index in [9.17, 15) is 5.11 Å². The Morgan fingerprint density at radius 3 is 2.39 bits per heavy atom. The number of ether oxygens (including phenoxy) is 2. The van der Waals surface area contributed by atoms with E-state index in [4.69, 9.17) is 9.47 Å². The molecule has 18 heavy (non-hydrogen) atoms. The van der Waals surface area contributed by atoms with E-state index >= 15 is 0 Å². The number of hydrogen-bond donors (Lipinski definition) is 1. The Hall–Kier alpha value is -1.26. The number of aliphatic hydroxyl groups excluding tert-OH is 1. The summed E-state index contributed by atoms with van der Waals surface area (Å²) < 4.78 is 11.0. The van der Waals surface area contributed by atoms with Crippen LogP contribution in [-0.2, 0) is 0 Å². The van der Waals surface area contributed by atoms with E-state index in [1.165, 1.54) is 0 Å². The molecule has 1 aromatic carbocycles. The molecule has 1 aliphatic heterocycles. The number of hydrogen-bond acceptors (Lipinski definition) is 4. The molecule has 0 spiro atoms. The monoisotopic (exact) mass is 251 g/mol. The third-order valence-corrected chi connectivity index (χ3v) is 3.70. The highest BCUT2D eigenvalue weighted by atomic mass is 16.6. The van der Waals surface area contributed by atoms with Gasteiger partial charge in [0.2, 0.25) is 0 Å². The maximum Gasteiger partial charge on any atom is 0.161 e. The SMILES string of the molecule is CN(C)C(C)(C)C(O)c1ccc2c(c1)OCCO2. The lowest BCUT2D eigenvalue weighted by Gasteiger charge is -2.37. The molecular formula is C14H21NO3. The maximum absolute atomic E-state index is 10.5. The van der Waals surface area contributed by atoms with E-state index in [-0.39, 0.29) is 5.54 Å². The van der Waals surface area contributed by atoms with Crippen LogP contribution in [0.15, 0.2) is 18.2 Å². The van der Waals surface area contributed by atoms with Crippen molar-refractivity contribution in [2.24, 2.45) is 0 Å². The summed E-state index contributed by atoms with van der Waals surface area (Å²) in [6.45, 7) is 5.16. The Labute approximate surface area is 108 Å². The summed E-state index contributed by atoms with van der Waals surface area (Å²) >= 11 is 0. The smallest absolute Gasteiger partial charge is 0.161 e. The Kier molecular flexibility index (Phi) is 3.50. The molecule has 1 N–H and O–H groups in total. The van der Waals surface area contributed by atoms with E-state index < -0.39 is 6.10 Å². The van der Waals surface area contributed by atoms with E-state index in [1.54, 1.807) is 0 Å². The Morgan fingerprint density at radius 2 is 1.78 bits per heavy atom. The molecule has 4 nitrogen and oxygen atoms in total. The normalized spacial score (nSPS) is 16.8. The van der Waals surface area contributed by atoms with Crippen molar-refractivity contribution < 1.29 is 14.6 Å². The van der Waals surface area contributed by atoms with Gasteiger partial charge in [-0.05, 0) is 45.6 Å². The Morgan fingerprint density at radius 1 is 1.17 bits per heavy atom. The molecule has 1 unspecified atom stereocenters. The van der Waals surface area contributed by atoms with Gasteiger partial charge in [0.05, 0.1) is 6.10 Å². The molecule has 0 bridgehead atoms. The van der Waals surface area contributed by atoms with Gasteiger partial charge in [-0.1, -0.05) is 6.07 Å². The zero-order chi connectivity index (χ0) is 13.3. The van der Waals surface area contributed by atoms with Gasteiger partial charge in [-0.3, -0.25) is 0 Å². The lowest BCUT2D eigenvalue weighted by atomic mass is 9.90. The van der Waals surface area contributed by atoms with Crippen molar-refractivity contribution in [3.63, 3.8) is 0 Å². The quantitative estimate of drug-likeness (QED) is 0.890. The van der Waals surface area contributed by atoms with Crippen LogP contribution in [-0.4, -0.2) is 42.9 Å². The highest BCUT2D eigenvalue weighted by Crippen LogP contribution is 2.36. The minimum atomic E-state index is -0.580. The van der Waals surface area contributed by atoms with Crippen LogP contribution in [0.5, 0.6) is 11.5 Å². The average Bonchev–Trinajstić information content (AvgIpc) is 2.37. The molecule has 0 saturated carbocycles. The molecule has 0 fully saturated rings. The fourth-order valence-corrected chi connectivity index (χ4v) is 1.88. The van der Waals surface area contributed by atoms with E-state index in [0.29, 0.717) is 19.0 Å². The summed E-state index contributed by atoms with van der Waals surface area (Å²) in [5, 5.41) is 10.5. The van der Waals surface area contributed by atoms with Crippen LogP contribution < -0.4 is 9.47 Å². The fourth-order valence-electron chi connectivity index (χ4n) is 1.88. The second kappa shape index (κ2) is 4.78. The summed E-state index contributed by atoms with van der Waals surface area (Å²) in [4.78, 5) is 2.01. The number of rotatable bonds is 3. The van der Waals surface area contributed by atoms with E-state index in [1.807, 2.05) is 51.0 Å². The van der Waals surface area contributed by atoms with Crippen molar-refractivity contribution in [2.75, 3.05) is 27.3 Å². The fraction of sp³-hybridized carbons (Fsp3) is 0.571. The minimum Gasteiger partial charge on any atom is -0.486 e. The van der Waals surface area contributed by atoms with Gasteiger partial charge in [-0.2, -0.15) is 0 Å². The third kappa shape index (κ3) is 2.31. The molecule has 4 heteroatoms. The standard InChI is InChI=1S/C14H21NO3/c1-14(2,15(3)4)13(16)10-5-6-11-12(9-10)18-8-7-17-11/h5-6,9,13,16H,7-8H2,1-4H3. The maximum atomic E-state index is 10.5. The summed E-state index contributed by atoms with van der Waals surface area (Å²) in [5.74, 6) is 1.47. The predicted octanol–water partition coefficient (Wildman–Crippen LogP) is 1.83. The number of nitrogens with zero attached hydrogens (tertiary/aromatic N) is 1. The number of benzene rings is 1. The molecule has 1 heterocycles. The molecule has 1 aromatic rings. The summed E-state index contributed by atoms with van der Waals surface area (Å²) in [6, 6.07) is 5.62. The Balaban J connectivity index is 2.28. The van der Waals surface area contributed by atoms with Gasteiger partial charge < -0.3 is 19.5 Å². The topological polar surface area (TPSA) is 41.9 Å². The first-order valence-electron chi connectivity index (χ1n) is 6.18. The summed E-state index contributed by atoms with van der Waals surface area (Å²) in [5.41, 5.74) is 0.502. The zero-order valence-electron chi connectivity index (χ0n) is 11.4. The number of likely N-dealkylation sites (N-methyl/N-ethyl adjacent to an activating group) is 1. The minimum absolute atomic E-state index is 0.343. The lowest BCUT2D eigenvalue weighted by Crippen LogP contribution is -2.43. The van der Waals surface area contributed by atoms with Gasteiger partial charge in [0, 0.05) is 5.54 Å². The average molecular weight is 251 g/mol. The van der Waals surface area contributed by atoms with Gasteiger partial charge in [0.1, 0.15) is 13.2 Å². The van der Waals surface area contributed by atoms with Crippen LogP contribution >= 0.6 is 0 Å². The van der Waals surface area contributed by atoms with Crippen LogP contribution in [0.4, 0.5) is 0 Å². The highest BCUT2D eigenvalue weighted by molar-refractivity contribution is 5.44. The molecule has 1 aliphatic rings. The zero-order valence-corrected chi connectivity index (χ0v) is 11.4. The predicted molar refractivity (Wildman–Crippen MR) is 70.2 cm³/mol. The first kappa shape index (κ1) is 13.2. The van der Waals surface area contributed by atoms with Gasteiger partial charge in [0.15, 0.2) is 11.5 Å². The highest BCUT2D eigenvalue weighted by Gasteiger charge is 2.32. The third-order valence-electron chi connectivity index (χ3n) is 3.70. The molecule has 100 valence electrons. The van der Waals surface area contributed by atoms with Gasteiger partial charge in [0.25, 0.3) is 0 Å². The van der Waals surface area contributed by atoms with Crippen molar-refractivity contribution in [3.8, 4) is 11.5 Å². The summed E-state index contributed by atoms with van der Waals surface area (Å²) in [7, 11) is 3.92. The van der Waals surface area contributed by atoms with E-state index in [2.05, 4.69) is 0 Å².